The Morgan fingerprint density at radius 1 is 0.667 bits per heavy atom. The Hall–Kier alpha value is -6.01. The Morgan fingerprint density at radius 2 is 1.39 bits per heavy atom. The third kappa shape index (κ3) is 6.71. The molecule has 0 bridgehead atoms. The van der Waals surface area contributed by atoms with Crippen LogP contribution in [0.5, 0.6) is 0 Å². The summed E-state index contributed by atoms with van der Waals surface area (Å²) in [4.78, 5) is 18.3. The minimum Gasteiger partial charge on any atom is -0.500 e. The van der Waals surface area contributed by atoms with Crippen LogP contribution in [0, 0.1) is 25.8 Å². The van der Waals surface area contributed by atoms with Gasteiger partial charge in [-0.25, -0.2) is 0 Å². The van der Waals surface area contributed by atoms with E-state index < -0.39 is 13.7 Å². The molecule has 0 spiro atoms. The maximum atomic E-state index is 7.28. The molecule has 0 saturated carbocycles. The number of rotatable bonds is 5. The van der Waals surface area contributed by atoms with Crippen LogP contribution < -0.4 is 0 Å². The van der Waals surface area contributed by atoms with Crippen molar-refractivity contribution in [1.29, 1.82) is 0 Å². The van der Waals surface area contributed by atoms with Crippen LogP contribution in [-0.4, -0.2) is 24.5 Å². The molecule has 5 heterocycles. The molecule has 0 aliphatic carbocycles. The molecule has 0 saturated heterocycles. The summed E-state index contributed by atoms with van der Waals surface area (Å²) in [5.41, 5.74) is 9.72. The van der Waals surface area contributed by atoms with E-state index in [9.17, 15) is 0 Å². The van der Waals surface area contributed by atoms with Crippen LogP contribution in [-0.2, 0) is 20.1 Å². The number of hydrogen-bond donors (Lipinski definition) is 0. The van der Waals surface area contributed by atoms with Crippen molar-refractivity contribution in [2.75, 3.05) is 0 Å². The van der Waals surface area contributed by atoms with Crippen LogP contribution in [0.15, 0.2) is 132 Å². The van der Waals surface area contributed by atoms with E-state index >= 15 is 0 Å². The molecule has 0 aliphatic rings. The van der Waals surface area contributed by atoms with Gasteiger partial charge in [0.15, 0.2) is 0 Å². The van der Waals surface area contributed by atoms with Crippen LogP contribution in [0.3, 0.4) is 0 Å². The third-order valence-electron chi connectivity index (χ3n) is 10.3. The average molecular weight is 926 g/mol. The Kier molecular flexibility index (Phi) is 8.46. The molecule has 57 heavy (non-hydrogen) atoms. The molecule has 5 aromatic heterocycles. The van der Waals surface area contributed by atoms with E-state index in [1.54, 1.807) is 12.1 Å². The summed E-state index contributed by atoms with van der Waals surface area (Å²) in [7, 11) is 0. The Morgan fingerprint density at radius 3 is 2.07 bits per heavy atom. The Balaban J connectivity index is 0.000000219. The monoisotopic (exact) mass is 926 g/mol. The van der Waals surface area contributed by atoms with Gasteiger partial charge in [0.05, 0.1) is 22.4 Å². The predicted octanol–water partition coefficient (Wildman–Crippen LogP) is 12.9. The molecule has 0 amide bonds. The van der Waals surface area contributed by atoms with Crippen molar-refractivity contribution in [3.8, 4) is 28.3 Å². The maximum Gasteiger partial charge on any atom is 0.131 e. The molecule has 10 rings (SSSR count). The van der Waals surface area contributed by atoms with Gasteiger partial charge in [0.2, 0.25) is 0 Å². The first-order valence-electron chi connectivity index (χ1n) is 21.7. The molecule has 283 valence electrons. The summed E-state index contributed by atoms with van der Waals surface area (Å²) in [6.45, 7) is 4.68. The second-order valence-electron chi connectivity index (χ2n) is 14.5. The fourth-order valence-corrected chi connectivity index (χ4v) is 7.65. The van der Waals surface area contributed by atoms with E-state index in [0.717, 1.165) is 65.9 Å². The van der Waals surface area contributed by atoms with E-state index in [0.29, 0.717) is 23.1 Å². The zero-order valence-corrected chi connectivity index (χ0v) is 34.2. The van der Waals surface area contributed by atoms with E-state index in [1.807, 2.05) is 43.0 Å². The summed E-state index contributed by atoms with van der Waals surface area (Å²) in [5.74, 6) is 1.48. The van der Waals surface area contributed by atoms with Crippen molar-refractivity contribution in [3.05, 3.63) is 162 Å². The van der Waals surface area contributed by atoms with E-state index in [-0.39, 0.29) is 31.2 Å². The minimum absolute atomic E-state index is 0. The number of pyridine rings is 3. The molecule has 7 heteroatoms. The standard InChI is InChI=1S/C37H29N4O.C13H12N.Ir/c1-21(2)23-9-7-10-24(22(3)4)34(23)41-32-14-6-5-13-31(32)40-37(41)28-12-8-11-27-33-29-19-38-17-15-25(29)26-16-18-39-20-30(26)36(33)42-35(27)28;1-10-3-6-12(7-4-10)13-8-5-11(2)9-14-13;/h5-11,13-22H,1-4H3;3-6,8-9H,1-2H3;/q2*-1;/i;1D3,2D3;. The number of fused-ring (bicyclic) bond motifs is 9. The largest absolute Gasteiger partial charge is 0.500 e. The third-order valence-corrected chi connectivity index (χ3v) is 10.3. The first-order valence-corrected chi connectivity index (χ1v) is 18.7. The number of para-hydroxylation sites is 3. The van der Waals surface area contributed by atoms with Crippen LogP contribution >= 0.6 is 0 Å². The first kappa shape index (κ1) is 31.1. The number of aryl methyl sites for hydroxylation is 2. The second-order valence-corrected chi connectivity index (χ2v) is 14.5. The zero-order valence-electron chi connectivity index (χ0n) is 37.8. The normalized spacial score (nSPS) is 13.5. The average Bonchev–Trinajstić information content (AvgIpc) is 3.86. The van der Waals surface area contributed by atoms with Gasteiger partial charge in [0, 0.05) is 81.2 Å². The van der Waals surface area contributed by atoms with Gasteiger partial charge in [0.25, 0.3) is 0 Å². The van der Waals surface area contributed by atoms with E-state index in [4.69, 9.17) is 17.6 Å². The van der Waals surface area contributed by atoms with Gasteiger partial charge in [-0.05, 0) is 76.1 Å². The SMILES string of the molecule is CC(C)c1cccc(C(C)C)c1-n1c(-c2[c-]ccc3c2oc2c4cnccc4c4ccncc4c32)nc2ccccc21.[2H]C([2H])([2H])c1c[c-]c(-c2ccc(C([2H])([2H])[2H])cn2)cc1.[Ir]. The second kappa shape index (κ2) is 15.5. The van der Waals surface area contributed by atoms with E-state index in [2.05, 4.69) is 108 Å². The maximum absolute atomic E-state index is 7.28. The van der Waals surface area contributed by atoms with Gasteiger partial charge >= 0.3 is 0 Å². The predicted molar refractivity (Wildman–Crippen MR) is 229 cm³/mol. The van der Waals surface area contributed by atoms with Crippen molar-refractivity contribution in [2.45, 2.75) is 53.2 Å². The van der Waals surface area contributed by atoms with Crippen LogP contribution in [0.25, 0.3) is 82.8 Å². The van der Waals surface area contributed by atoms with Gasteiger partial charge in [-0.2, -0.15) is 0 Å². The number of imidazole rings is 1. The first-order chi connectivity index (χ1) is 29.7. The summed E-state index contributed by atoms with van der Waals surface area (Å²) < 4.78 is 52.8. The number of hydrogen-bond acceptors (Lipinski definition) is 5. The molecular weight excluding hydrogens is 879 g/mol. The van der Waals surface area contributed by atoms with Crippen molar-refractivity contribution in [3.63, 3.8) is 0 Å². The topological polar surface area (TPSA) is 69.6 Å². The molecule has 0 unspecified atom stereocenters. The van der Waals surface area contributed by atoms with Crippen molar-refractivity contribution in [2.24, 2.45) is 0 Å². The van der Waals surface area contributed by atoms with Gasteiger partial charge < -0.3 is 14.0 Å². The van der Waals surface area contributed by atoms with Crippen molar-refractivity contribution < 1.29 is 32.7 Å². The molecule has 1 radical (unpaired) electrons. The smallest absolute Gasteiger partial charge is 0.131 e. The van der Waals surface area contributed by atoms with Gasteiger partial charge in [0.1, 0.15) is 5.58 Å². The van der Waals surface area contributed by atoms with E-state index in [1.165, 1.54) is 41.2 Å². The summed E-state index contributed by atoms with van der Waals surface area (Å²) in [6, 6.07) is 37.2. The molecule has 0 fully saturated rings. The fraction of sp³-hybridized carbons (Fsp3) is 0.160. The minimum atomic E-state index is -2.18. The van der Waals surface area contributed by atoms with Gasteiger partial charge in [-0.1, -0.05) is 88.0 Å². The number of furan rings is 1. The van der Waals surface area contributed by atoms with Crippen LogP contribution in [0.1, 0.15) is 70.0 Å². The Bertz CT molecular complexity index is 3200. The summed E-state index contributed by atoms with van der Waals surface area (Å²) in [5, 5.41) is 6.32. The quantitative estimate of drug-likeness (QED) is 0.127. The molecule has 0 atom stereocenters. The number of benzene rings is 5. The van der Waals surface area contributed by atoms with Crippen LogP contribution in [0.4, 0.5) is 0 Å². The molecule has 6 nitrogen and oxygen atoms in total. The molecular formula is C50H41IrN5O-2. The van der Waals surface area contributed by atoms with Crippen LogP contribution in [0.2, 0.25) is 0 Å². The van der Waals surface area contributed by atoms with Crippen molar-refractivity contribution >= 4 is 54.5 Å². The molecule has 0 aliphatic heterocycles. The molecule has 5 aromatic carbocycles. The summed E-state index contributed by atoms with van der Waals surface area (Å²) >= 11 is 0. The number of aromatic nitrogens is 5. The fourth-order valence-electron chi connectivity index (χ4n) is 7.65. The summed E-state index contributed by atoms with van der Waals surface area (Å²) in [6.07, 6.45) is 8.80. The zero-order chi connectivity index (χ0) is 43.5. The van der Waals surface area contributed by atoms with Gasteiger partial charge in [-0.3, -0.25) is 15.0 Å². The van der Waals surface area contributed by atoms with Gasteiger partial charge in [-0.15, -0.1) is 53.6 Å². The molecule has 0 N–H and O–H groups in total. The molecule has 10 aromatic rings. The Labute approximate surface area is 354 Å². The number of nitrogens with zero attached hydrogens (tertiary/aromatic N) is 5. The van der Waals surface area contributed by atoms with Crippen molar-refractivity contribution in [1.82, 2.24) is 24.5 Å².